The van der Waals surface area contributed by atoms with Gasteiger partial charge in [0.2, 0.25) is 6.23 Å². The van der Waals surface area contributed by atoms with Gasteiger partial charge in [0.25, 0.3) is 5.91 Å². The average Bonchev–Trinajstić information content (AvgIpc) is 3.04. The molecule has 2 atom stereocenters. The number of aromatic nitrogens is 3. The highest BCUT2D eigenvalue weighted by Crippen LogP contribution is 2.31. The van der Waals surface area contributed by atoms with Crippen LogP contribution >= 0.6 is 11.6 Å². The van der Waals surface area contributed by atoms with Gasteiger partial charge in [-0.3, -0.25) is 4.79 Å². The summed E-state index contributed by atoms with van der Waals surface area (Å²) in [5.41, 5.74) is -1.92. The van der Waals surface area contributed by atoms with Gasteiger partial charge < -0.3 is 15.2 Å². The Kier molecular flexibility index (Phi) is 5.93. The van der Waals surface area contributed by atoms with Crippen molar-refractivity contribution in [3.63, 3.8) is 0 Å². The van der Waals surface area contributed by atoms with Gasteiger partial charge >= 0.3 is 0 Å². The number of ether oxygens (including phenoxy) is 1. The normalized spacial score (nSPS) is 14.6. The Balaban J connectivity index is 2.38. The molecule has 0 bridgehead atoms. The van der Waals surface area contributed by atoms with Crippen LogP contribution in [0, 0.1) is 5.41 Å². The van der Waals surface area contributed by atoms with Gasteiger partial charge in [0.05, 0.1) is 6.04 Å². The van der Waals surface area contributed by atoms with Gasteiger partial charge in [0.15, 0.2) is 0 Å². The molecule has 26 heavy (non-hydrogen) atoms. The number of nitrogens with one attached hydrogen (secondary N) is 1. The van der Waals surface area contributed by atoms with Gasteiger partial charge in [0, 0.05) is 5.02 Å². The number of aliphatic hydroxyl groups is 1. The van der Waals surface area contributed by atoms with E-state index in [0.29, 0.717) is 10.8 Å². The highest BCUT2D eigenvalue weighted by molar-refractivity contribution is 6.30. The van der Waals surface area contributed by atoms with E-state index in [1.54, 1.807) is 24.3 Å². The lowest BCUT2D eigenvalue weighted by molar-refractivity contribution is -0.140. The lowest BCUT2D eigenvalue weighted by Gasteiger charge is -2.38. The van der Waals surface area contributed by atoms with Gasteiger partial charge in [-0.1, -0.05) is 32.4 Å². The fourth-order valence-corrected chi connectivity index (χ4v) is 2.44. The number of rotatable bonds is 6. The third-order valence-corrected chi connectivity index (χ3v) is 4.08. The molecule has 1 aromatic heterocycles. The first-order chi connectivity index (χ1) is 12.0. The minimum absolute atomic E-state index is 0.399. The summed E-state index contributed by atoms with van der Waals surface area (Å²) in [6.07, 6.45) is 2.25. The Labute approximate surface area is 158 Å². The molecule has 1 amide bonds. The molecule has 0 aliphatic heterocycles. The molecule has 0 saturated heterocycles. The van der Waals surface area contributed by atoms with Crippen molar-refractivity contribution in [2.24, 2.45) is 5.41 Å². The predicted octanol–water partition coefficient (Wildman–Crippen LogP) is 2.81. The Morgan fingerprint density at radius 2 is 1.85 bits per heavy atom. The summed E-state index contributed by atoms with van der Waals surface area (Å²) in [6.45, 7) is 8.78. The van der Waals surface area contributed by atoms with Gasteiger partial charge in [0.1, 0.15) is 24.0 Å². The van der Waals surface area contributed by atoms with E-state index in [1.165, 1.54) is 31.2 Å². The minimum atomic E-state index is -1.52. The van der Waals surface area contributed by atoms with E-state index < -0.39 is 29.2 Å². The van der Waals surface area contributed by atoms with E-state index in [1.807, 2.05) is 20.8 Å². The molecule has 8 heteroatoms. The molecule has 1 aromatic carbocycles. The van der Waals surface area contributed by atoms with Crippen molar-refractivity contribution in [1.82, 2.24) is 20.1 Å². The summed E-state index contributed by atoms with van der Waals surface area (Å²) >= 11 is 5.93. The molecule has 142 valence electrons. The van der Waals surface area contributed by atoms with Crippen LogP contribution in [-0.4, -0.2) is 37.4 Å². The SMILES string of the molecule is CC(C)(O)C(=O)NC(C(Oc1ccc(Cl)cc1)n1cncn1)C(C)(C)C. The molecule has 2 N–H and O–H groups in total. The average molecular weight is 381 g/mol. The van der Waals surface area contributed by atoms with Crippen LogP contribution in [0.15, 0.2) is 36.9 Å². The van der Waals surface area contributed by atoms with Gasteiger partial charge in [-0.2, -0.15) is 5.10 Å². The minimum Gasteiger partial charge on any atom is -0.466 e. The maximum Gasteiger partial charge on any atom is 0.251 e. The third-order valence-electron chi connectivity index (χ3n) is 3.83. The van der Waals surface area contributed by atoms with E-state index in [0.717, 1.165) is 0 Å². The van der Waals surface area contributed by atoms with Crippen LogP contribution in [0.5, 0.6) is 5.75 Å². The zero-order chi connectivity index (χ0) is 19.5. The second-order valence-corrected chi connectivity index (χ2v) is 8.15. The fraction of sp³-hybridized carbons (Fsp3) is 0.500. The van der Waals surface area contributed by atoms with Crippen molar-refractivity contribution in [3.05, 3.63) is 41.9 Å². The van der Waals surface area contributed by atoms with E-state index in [4.69, 9.17) is 16.3 Å². The Hall–Kier alpha value is -2.12. The number of carbonyl (C=O) groups excluding carboxylic acids is 1. The number of benzene rings is 1. The number of hydrogen-bond donors (Lipinski definition) is 2. The standard InChI is InChI=1S/C18H25ClN4O3/c1-17(2,3)14(22-16(24)18(4,5)25)15(23-11-20-10-21-23)26-13-8-6-12(19)7-9-13/h6-11,14-15,25H,1-5H3,(H,22,24). The molecule has 1 heterocycles. The highest BCUT2D eigenvalue weighted by Gasteiger charge is 2.39. The zero-order valence-electron chi connectivity index (χ0n) is 15.6. The lowest BCUT2D eigenvalue weighted by Crippen LogP contribution is -2.55. The number of carbonyl (C=O) groups is 1. The zero-order valence-corrected chi connectivity index (χ0v) is 16.4. The number of halogens is 1. The van der Waals surface area contributed by atoms with Crippen molar-refractivity contribution in [2.45, 2.75) is 52.5 Å². The summed E-state index contributed by atoms with van der Waals surface area (Å²) < 4.78 is 7.66. The van der Waals surface area contributed by atoms with Gasteiger partial charge in [-0.25, -0.2) is 9.67 Å². The first kappa shape index (κ1) is 20.2. The molecule has 7 nitrogen and oxygen atoms in total. The van der Waals surface area contributed by atoms with Crippen LogP contribution < -0.4 is 10.1 Å². The Morgan fingerprint density at radius 3 is 2.31 bits per heavy atom. The van der Waals surface area contributed by atoms with Gasteiger partial charge in [-0.15, -0.1) is 0 Å². The maximum absolute atomic E-state index is 12.4. The maximum atomic E-state index is 12.4. The first-order valence-electron chi connectivity index (χ1n) is 8.28. The first-order valence-corrected chi connectivity index (χ1v) is 8.66. The van der Waals surface area contributed by atoms with Crippen LogP contribution in [0.2, 0.25) is 5.02 Å². The monoisotopic (exact) mass is 380 g/mol. The summed E-state index contributed by atoms with van der Waals surface area (Å²) in [5.74, 6) is 0.0731. The van der Waals surface area contributed by atoms with E-state index >= 15 is 0 Å². The van der Waals surface area contributed by atoms with Crippen LogP contribution in [0.25, 0.3) is 0 Å². The second kappa shape index (κ2) is 7.63. The van der Waals surface area contributed by atoms with E-state index in [9.17, 15) is 9.90 Å². The summed E-state index contributed by atoms with van der Waals surface area (Å²) in [6, 6.07) is 6.42. The van der Waals surface area contributed by atoms with Crippen molar-refractivity contribution in [3.8, 4) is 5.75 Å². The number of hydrogen-bond acceptors (Lipinski definition) is 5. The van der Waals surface area contributed by atoms with Crippen molar-refractivity contribution in [1.29, 1.82) is 0 Å². The van der Waals surface area contributed by atoms with Crippen LogP contribution in [-0.2, 0) is 4.79 Å². The van der Waals surface area contributed by atoms with Crippen molar-refractivity contribution >= 4 is 17.5 Å². The van der Waals surface area contributed by atoms with Crippen molar-refractivity contribution < 1.29 is 14.6 Å². The molecule has 0 aliphatic carbocycles. The van der Waals surface area contributed by atoms with E-state index in [-0.39, 0.29) is 0 Å². The summed E-state index contributed by atoms with van der Waals surface area (Å²) in [7, 11) is 0. The second-order valence-electron chi connectivity index (χ2n) is 7.71. The van der Waals surface area contributed by atoms with E-state index in [2.05, 4.69) is 15.4 Å². The Bertz CT molecular complexity index is 718. The molecule has 0 spiro atoms. The predicted molar refractivity (Wildman–Crippen MR) is 98.8 cm³/mol. The summed E-state index contributed by atoms with van der Waals surface area (Å²) in [5, 5.41) is 17.7. The molecule has 2 aromatic rings. The number of nitrogens with zero attached hydrogens (tertiary/aromatic N) is 3. The Morgan fingerprint density at radius 1 is 1.23 bits per heavy atom. The van der Waals surface area contributed by atoms with Crippen LogP contribution in [0.4, 0.5) is 0 Å². The smallest absolute Gasteiger partial charge is 0.251 e. The fourth-order valence-electron chi connectivity index (χ4n) is 2.31. The molecule has 0 aliphatic rings. The molecule has 0 fully saturated rings. The topological polar surface area (TPSA) is 89.3 Å². The molecule has 2 unspecified atom stereocenters. The largest absolute Gasteiger partial charge is 0.466 e. The summed E-state index contributed by atoms with van der Waals surface area (Å²) in [4.78, 5) is 16.4. The molecular formula is C18H25ClN4O3. The third kappa shape index (κ3) is 5.19. The quantitative estimate of drug-likeness (QED) is 0.804. The molecule has 0 radical (unpaired) electrons. The highest BCUT2D eigenvalue weighted by atomic mass is 35.5. The molecule has 2 rings (SSSR count). The number of amides is 1. The molecule has 0 saturated carbocycles. The van der Waals surface area contributed by atoms with Gasteiger partial charge in [-0.05, 0) is 43.5 Å². The van der Waals surface area contributed by atoms with Crippen LogP contribution in [0.3, 0.4) is 0 Å². The van der Waals surface area contributed by atoms with Crippen molar-refractivity contribution in [2.75, 3.05) is 0 Å². The lowest BCUT2D eigenvalue weighted by atomic mass is 9.85. The van der Waals surface area contributed by atoms with Crippen LogP contribution in [0.1, 0.15) is 40.8 Å². The molecular weight excluding hydrogens is 356 g/mol.